The number of nitrogens with one attached hydrogen (secondary N) is 1. The van der Waals surface area contributed by atoms with Crippen molar-refractivity contribution in [2.45, 2.75) is 19.4 Å². The van der Waals surface area contributed by atoms with Gasteiger partial charge in [-0.05, 0) is 17.9 Å². The van der Waals surface area contributed by atoms with Crippen molar-refractivity contribution in [2.75, 3.05) is 18.6 Å². The molecule has 0 aromatic carbocycles. The first-order valence-corrected chi connectivity index (χ1v) is 5.96. The number of hydrogen-bond acceptors (Lipinski definition) is 3. The van der Waals surface area contributed by atoms with Gasteiger partial charge in [-0.1, -0.05) is 6.92 Å². The smallest absolute Gasteiger partial charge is 0.237 e. The van der Waals surface area contributed by atoms with Crippen LogP contribution in [-0.4, -0.2) is 30.5 Å². The summed E-state index contributed by atoms with van der Waals surface area (Å²) in [7, 11) is 0. The number of hydrogen-bond donors (Lipinski definition) is 2. The van der Waals surface area contributed by atoms with Gasteiger partial charge in [0, 0.05) is 13.0 Å². The molecule has 14 heavy (non-hydrogen) atoms. The Labute approximate surface area is 90.2 Å². The van der Waals surface area contributed by atoms with E-state index in [-0.39, 0.29) is 5.91 Å². The molecule has 80 valence electrons. The lowest BCUT2D eigenvalue weighted by Crippen LogP contribution is -2.42. The second kappa shape index (κ2) is 7.72. The fraction of sp³-hybridized carbons (Fsp3) is 0.700. The predicted molar refractivity (Wildman–Crippen MR) is 62.0 cm³/mol. The van der Waals surface area contributed by atoms with E-state index in [1.165, 1.54) is 0 Å². The zero-order valence-corrected chi connectivity index (χ0v) is 9.56. The molecule has 0 bridgehead atoms. The molecular formula is C10H18N2OS. The van der Waals surface area contributed by atoms with Gasteiger partial charge in [0.1, 0.15) is 0 Å². The molecule has 0 saturated carbocycles. The molecule has 3 N–H and O–H groups in total. The van der Waals surface area contributed by atoms with Crippen LogP contribution in [0.15, 0.2) is 0 Å². The summed E-state index contributed by atoms with van der Waals surface area (Å²) in [6, 6.07) is -0.568. The van der Waals surface area contributed by atoms with E-state index >= 15 is 0 Å². The molecule has 0 aromatic heterocycles. The summed E-state index contributed by atoms with van der Waals surface area (Å²) in [6.45, 7) is 2.75. The van der Waals surface area contributed by atoms with Crippen LogP contribution < -0.4 is 11.1 Å². The quantitative estimate of drug-likeness (QED) is 0.631. The Balaban J connectivity index is 3.68. The van der Waals surface area contributed by atoms with E-state index < -0.39 is 6.04 Å². The highest BCUT2D eigenvalue weighted by atomic mass is 32.2. The Hall–Kier alpha value is -0.660. The molecule has 0 spiro atoms. The molecule has 1 amide bonds. The summed E-state index contributed by atoms with van der Waals surface area (Å²) in [5.74, 6) is 3.71. The van der Waals surface area contributed by atoms with Crippen LogP contribution in [0.5, 0.6) is 0 Å². The van der Waals surface area contributed by atoms with Gasteiger partial charge < -0.3 is 11.1 Å². The lowest BCUT2D eigenvalue weighted by atomic mass is 10.2. The molecule has 2 atom stereocenters. The van der Waals surface area contributed by atoms with Crippen LogP contribution in [0.3, 0.4) is 0 Å². The van der Waals surface area contributed by atoms with Gasteiger partial charge in [0.15, 0.2) is 0 Å². The van der Waals surface area contributed by atoms with Gasteiger partial charge in [0.05, 0.1) is 6.04 Å². The van der Waals surface area contributed by atoms with E-state index in [2.05, 4.69) is 18.2 Å². The third-order valence-corrected chi connectivity index (χ3v) is 2.65. The van der Waals surface area contributed by atoms with E-state index in [9.17, 15) is 4.79 Å². The second-order valence-corrected chi connectivity index (χ2v) is 4.23. The Morgan fingerprint density at radius 3 is 2.86 bits per heavy atom. The summed E-state index contributed by atoms with van der Waals surface area (Å²) >= 11 is 1.77. The van der Waals surface area contributed by atoms with Crippen LogP contribution in [0.4, 0.5) is 0 Å². The average Bonchev–Trinajstić information content (AvgIpc) is 2.15. The molecule has 0 aliphatic carbocycles. The summed E-state index contributed by atoms with van der Waals surface area (Å²) < 4.78 is 0. The maximum absolute atomic E-state index is 11.3. The molecule has 0 aliphatic heterocycles. The van der Waals surface area contributed by atoms with Gasteiger partial charge in [0.2, 0.25) is 5.91 Å². The minimum Gasteiger partial charge on any atom is -0.354 e. The zero-order chi connectivity index (χ0) is 11.0. The minimum absolute atomic E-state index is 0.157. The maximum Gasteiger partial charge on any atom is 0.237 e. The van der Waals surface area contributed by atoms with E-state index in [4.69, 9.17) is 12.2 Å². The highest BCUT2D eigenvalue weighted by Gasteiger charge is 2.12. The SMILES string of the molecule is C#CCC(N)C(=O)NCC(C)CSC. The summed E-state index contributed by atoms with van der Waals surface area (Å²) in [6.07, 6.45) is 7.40. The molecule has 0 fully saturated rings. The lowest BCUT2D eigenvalue weighted by molar-refractivity contribution is -0.122. The fourth-order valence-electron chi connectivity index (χ4n) is 0.969. The Morgan fingerprint density at radius 1 is 1.71 bits per heavy atom. The van der Waals surface area contributed by atoms with Crippen molar-refractivity contribution in [1.82, 2.24) is 5.32 Å². The molecule has 0 heterocycles. The number of amides is 1. The highest BCUT2D eigenvalue weighted by Crippen LogP contribution is 2.02. The van der Waals surface area contributed by atoms with Crippen molar-refractivity contribution in [2.24, 2.45) is 11.7 Å². The van der Waals surface area contributed by atoms with Crippen LogP contribution in [0.1, 0.15) is 13.3 Å². The normalized spacial score (nSPS) is 14.1. The topological polar surface area (TPSA) is 55.1 Å². The molecule has 2 unspecified atom stereocenters. The minimum atomic E-state index is -0.568. The van der Waals surface area contributed by atoms with Crippen LogP contribution in [0.2, 0.25) is 0 Å². The van der Waals surface area contributed by atoms with E-state index in [0.29, 0.717) is 18.9 Å². The van der Waals surface area contributed by atoms with Gasteiger partial charge in [0.25, 0.3) is 0 Å². The van der Waals surface area contributed by atoms with Crippen molar-refractivity contribution in [3.8, 4) is 12.3 Å². The second-order valence-electron chi connectivity index (χ2n) is 3.32. The van der Waals surface area contributed by atoms with Crippen molar-refractivity contribution in [3.05, 3.63) is 0 Å². The largest absolute Gasteiger partial charge is 0.354 e. The van der Waals surface area contributed by atoms with Gasteiger partial charge in [-0.3, -0.25) is 4.79 Å². The number of carbonyl (C=O) groups excluding carboxylic acids is 1. The third kappa shape index (κ3) is 5.90. The van der Waals surface area contributed by atoms with E-state index in [1.807, 2.05) is 6.26 Å². The number of thioether (sulfide) groups is 1. The van der Waals surface area contributed by atoms with Crippen LogP contribution >= 0.6 is 11.8 Å². The van der Waals surface area contributed by atoms with Crippen molar-refractivity contribution < 1.29 is 4.79 Å². The molecular weight excluding hydrogens is 196 g/mol. The van der Waals surface area contributed by atoms with Crippen LogP contribution in [0, 0.1) is 18.3 Å². The van der Waals surface area contributed by atoms with Crippen molar-refractivity contribution >= 4 is 17.7 Å². The first-order valence-electron chi connectivity index (χ1n) is 4.57. The molecule has 0 aliphatic rings. The average molecular weight is 214 g/mol. The highest BCUT2D eigenvalue weighted by molar-refractivity contribution is 7.98. The van der Waals surface area contributed by atoms with Crippen molar-refractivity contribution in [1.29, 1.82) is 0 Å². The zero-order valence-electron chi connectivity index (χ0n) is 8.75. The predicted octanol–water partition coefficient (Wildman–Crippen LogP) is 0.452. The first kappa shape index (κ1) is 13.3. The maximum atomic E-state index is 11.3. The number of carbonyl (C=O) groups is 1. The first-order chi connectivity index (χ1) is 6.61. The number of nitrogens with two attached hydrogens (primary N) is 1. The van der Waals surface area contributed by atoms with Crippen molar-refractivity contribution in [3.63, 3.8) is 0 Å². The fourth-order valence-corrected chi connectivity index (χ4v) is 1.66. The number of rotatable bonds is 6. The van der Waals surface area contributed by atoms with E-state index in [0.717, 1.165) is 5.75 Å². The van der Waals surface area contributed by atoms with Crippen LogP contribution in [-0.2, 0) is 4.79 Å². The van der Waals surface area contributed by atoms with Gasteiger partial charge in [-0.15, -0.1) is 12.3 Å². The summed E-state index contributed by atoms with van der Waals surface area (Å²) in [4.78, 5) is 11.3. The van der Waals surface area contributed by atoms with E-state index in [1.54, 1.807) is 11.8 Å². The molecule has 0 rings (SSSR count). The number of terminal acetylenes is 1. The summed E-state index contributed by atoms with van der Waals surface area (Å²) in [5.41, 5.74) is 5.53. The lowest BCUT2D eigenvalue weighted by Gasteiger charge is -2.13. The third-order valence-electron chi connectivity index (χ3n) is 1.75. The van der Waals surface area contributed by atoms with Gasteiger partial charge in [-0.25, -0.2) is 0 Å². The van der Waals surface area contributed by atoms with Crippen LogP contribution in [0.25, 0.3) is 0 Å². The Morgan fingerprint density at radius 2 is 2.36 bits per heavy atom. The Bertz CT molecular complexity index is 213. The molecule has 0 aromatic rings. The Kier molecular flexibility index (Phi) is 7.35. The monoisotopic (exact) mass is 214 g/mol. The van der Waals surface area contributed by atoms with Gasteiger partial charge in [-0.2, -0.15) is 11.8 Å². The molecule has 0 saturated heterocycles. The molecule has 0 radical (unpaired) electrons. The standard InChI is InChI=1S/C10H18N2OS/c1-4-5-9(11)10(13)12-6-8(2)7-14-3/h1,8-9H,5-7,11H2,2-3H3,(H,12,13). The summed E-state index contributed by atoms with van der Waals surface area (Å²) in [5, 5.41) is 2.78. The molecule has 4 heteroatoms. The van der Waals surface area contributed by atoms with Gasteiger partial charge >= 0.3 is 0 Å². The molecule has 3 nitrogen and oxygen atoms in total.